The van der Waals surface area contributed by atoms with E-state index in [1.165, 1.54) is 0 Å². The van der Waals surface area contributed by atoms with E-state index in [9.17, 15) is 4.79 Å². The van der Waals surface area contributed by atoms with Crippen LogP contribution in [0.3, 0.4) is 0 Å². The maximum atomic E-state index is 11.4. The fourth-order valence-electron chi connectivity index (χ4n) is 0.940. The third-order valence-corrected chi connectivity index (χ3v) is 1.83. The molecule has 1 rings (SSSR count). The van der Waals surface area contributed by atoms with E-state index in [2.05, 4.69) is 0 Å². The number of rotatable bonds is 2. The number of ether oxygens (including phenoxy) is 1. The Labute approximate surface area is 84.9 Å². The lowest BCUT2D eigenvalue weighted by Crippen LogP contribution is -2.22. The largest absolute Gasteiger partial charge is 0.460 e. The predicted octanol–water partition coefficient (Wildman–Crippen LogP) is 2.78. The van der Waals surface area contributed by atoms with Crippen LogP contribution in [-0.4, -0.2) is 5.97 Å². The van der Waals surface area contributed by atoms with E-state index >= 15 is 0 Å². The Morgan fingerprint density at radius 1 is 1.21 bits per heavy atom. The number of benzene rings is 1. The Hall–Kier alpha value is -1.31. The summed E-state index contributed by atoms with van der Waals surface area (Å²) in [6.07, 6.45) is 0. The molecule has 0 aliphatic rings. The Morgan fingerprint density at radius 2 is 1.79 bits per heavy atom. The maximum absolute atomic E-state index is 11.4. The van der Waals surface area contributed by atoms with Gasteiger partial charge in [-0.1, -0.05) is 30.3 Å². The molecule has 0 aliphatic carbocycles. The van der Waals surface area contributed by atoms with Crippen molar-refractivity contribution < 1.29 is 9.53 Å². The van der Waals surface area contributed by atoms with Gasteiger partial charge in [0.25, 0.3) is 0 Å². The standard InChI is InChI=1S/C12H16O2/c1-12(2,3)11(13)14-9-10-7-5-4-6-8-10/h4-8H,9H2,1-3H3. The van der Waals surface area contributed by atoms with Crippen LogP contribution in [0.1, 0.15) is 26.3 Å². The maximum Gasteiger partial charge on any atom is 0.311 e. The Bertz CT molecular complexity index is 296. The fourth-order valence-corrected chi connectivity index (χ4v) is 0.940. The van der Waals surface area contributed by atoms with Gasteiger partial charge in [-0.05, 0) is 26.3 Å². The van der Waals surface area contributed by atoms with E-state index in [1.807, 2.05) is 51.1 Å². The van der Waals surface area contributed by atoms with Crippen molar-refractivity contribution in [2.45, 2.75) is 27.4 Å². The van der Waals surface area contributed by atoms with Crippen LogP contribution in [0.5, 0.6) is 0 Å². The van der Waals surface area contributed by atoms with Crippen molar-refractivity contribution in [3.05, 3.63) is 35.9 Å². The lowest BCUT2D eigenvalue weighted by molar-refractivity contribution is -0.154. The summed E-state index contributed by atoms with van der Waals surface area (Å²) in [6, 6.07) is 9.68. The van der Waals surface area contributed by atoms with Gasteiger partial charge in [0.15, 0.2) is 0 Å². The molecule has 0 aliphatic heterocycles. The highest BCUT2D eigenvalue weighted by atomic mass is 16.5. The van der Waals surface area contributed by atoms with Crippen LogP contribution in [0.25, 0.3) is 0 Å². The molecule has 2 nitrogen and oxygen atoms in total. The van der Waals surface area contributed by atoms with Crippen molar-refractivity contribution in [2.75, 3.05) is 0 Å². The van der Waals surface area contributed by atoms with Crippen molar-refractivity contribution in [1.29, 1.82) is 0 Å². The SMILES string of the molecule is CC(C)(C)C(=O)OCc1ccccc1. The second-order valence-electron chi connectivity index (χ2n) is 4.31. The topological polar surface area (TPSA) is 26.3 Å². The average molecular weight is 192 g/mol. The first kappa shape index (κ1) is 10.8. The monoisotopic (exact) mass is 192 g/mol. The van der Waals surface area contributed by atoms with E-state index in [0.29, 0.717) is 6.61 Å². The molecule has 0 spiro atoms. The molecule has 1 aromatic carbocycles. The van der Waals surface area contributed by atoms with E-state index in [1.54, 1.807) is 0 Å². The normalized spacial score (nSPS) is 11.1. The van der Waals surface area contributed by atoms with Gasteiger partial charge in [0.2, 0.25) is 0 Å². The van der Waals surface area contributed by atoms with Gasteiger partial charge >= 0.3 is 5.97 Å². The number of carbonyl (C=O) groups is 1. The van der Waals surface area contributed by atoms with E-state index in [4.69, 9.17) is 4.74 Å². The van der Waals surface area contributed by atoms with Crippen LogP contribution in [0.2, 0.25) is 0 Å². The molecule has 0 saturated carbocycles. The minimum absolute atomic E-state index is 0.165. The molecule has 0 aromatic heterocycles. The summed E-state index contributed by atoms with van der Waals surface area (Å²) in [7, 11) is 0. The highest BCUT2D eigenvalue weighted by Crippen LogP contribution is 2.16. The van der Waals surface area contributed by atoms with Crippen LogP contribution >= 0.6 is 0 Å². The Balaban J connectivity index is 2.46. The fraction of sp³-hybridized carbons (Fsp3) is 0.417. The van der Waals surface area contributed by atoms with Gasteiger partial charge in [-0.15, -0.1) is 0 Å². The summed E-state index contributed by atoms with van der Waals surface area (Å²) < 4.78 is 5.15. The van der Waals surface area contributed by atoms with Gasteiger partial charge in [0.1, 0.15) is 6.61 Å². The first-order valence-corrected chi connectivity index (χ1v) is 4.71. The minimum atomic E-state index is -0.422. The lowest BCUT2D eigenvalue weighted by atomic mass is 9.97. The van der Waals surface area contributed by atoms with Crippen LogP contribution in [0, 0.1) is 5.41 Å². The highest BCUT2D eigenvalue weighted by molar-refractivity contribution is 5.75. The summed E-state index contributed by atoms with van der Waals surface area (Å²) >= 11 is 0. The van der Waals surface area contributed by atoms with Crippen molar-refractivity contribution in [1.82, 2.24) is 0 Å². The Kier molecular flexibility index (Phi) is 3.28. The number of hydrogen-bond acceptors (Lipinski definition) is 2. The Morgan fingerprint density at radius 3 is 2.29 bits per heavy atom. The average Bonchev–Trinajstić information content (AvgIpc) is 2.14. The molecule has 0 radical (unpaired) electrons. The molecule has 0 bridgehead atoms. The number of hydrogen-bond donors (Lipinski definition) is 0. The zero-order chi connectivity index (χ0) is 10.6. The van der Waals surface area contributed by atoms with Gasteiger partial charge in [-0.2, -0.15) is 0 Å². The smallest absolute Gasteiger partial charge is 0.311 e. The molecular formula is C12H16O2. The number of esters is 1. The predicted molar refractivity (Wildman–Crippen MR) is 55.7 cm³/mol. The van der Waals surface area contributed by atoms with E-state index in [-0.39, 0.29) is 5.97 Å². The molecule has 1 aromatic rings. The quantitative estimate of drug-likeness (QED) is 0.673. The van der Waals surface area contributed by atoms with Gasteiger partial charge in [0.05, 0.1) is 5.41 Å². The second-order valence-corrected chi connectivity index (χ2v) is 4.31. The second kappa shape index (κ2) is 4.27. The summed E-state index contributed by atoms with van der Waals surface area (Å²) in [5, 5.41) is 0. The summed E-state index contributed by atoms with van der Waals surface area (Å²) in [5.74, 6) is -0.165. The van der Waals surface area contributed by atoms with Crippen molar-refractivity contribution in [2.24, 2.45) is 5.41 Å². The number of carbonyl (C=O) groups excluding carboxylic acids is 1. The lowest BCUT2D eigenvalue weighted by Gasteiger charge is -2.16. The molecule has 0 unspecified atom stereocenters. The van der Waals surface area contributed by atoms with Crippen LogP contribution in [0.4, 0.5) is 0 Å². The van der Waals surface area contributed by atoms with Crippen molar-refractivity contribution in [3.63, 3.8) is 0 Å². The van der Waals surface area contributed by atoms with Gasteiger partial charge in [0, 0.05) is 0 Å². The van der Waals surface area contributed by atoms with Crippen molar-refractivity contribution >= 4 is 5.97 Å². The molecule has 14 heavy (non-hydrogen) atoms. The van der Waals surface area contributed by atoms with Crippen LogP contribution in [0.15, 0.2) is 30.3 Å². The molecule has 0 atom stereocenters. The molecule has 0 N–H and O–H groups in total. The summed E-state index contributed by atoms with van der Waals surface area (Å²) in [4.78, 5) is 11.4. The molecule has 0 saturated heterocycles. The molecule has 0 heterocycles. The molecule has 0 fully saturated rings. The van der Waals surface area contributed by atoms with Crippen LogP contribution < -0.4 is 0 Å². The molecule has 2 heteroatoms. The molecule has 76 valence electrons. The summed E-state index contributed by atoms with van der Waals surface area (Å²) in [6.45, 7) is 5.90. The van der Waals surface area contributed by atoms with Gasteiger partial charge in [-0.25, -0.2) is 0 Å². The first-order valence-electron chi connectivity index (χ1n) is 4.71. The van der Waals surface area contributed by atoms with E-state index in [0.717, 1.165) is 5.56 Å². The van der Waals surface area contributed by atoms with Gasteiger partial charge in [-0.3, -0.25) is 4.79 Å². The van der Waals surface area contributed by atoms with E-state index < -0.39 is 5.41 Å². The molecule has 0 amide bonds. The zero-order valence-corrected chi connectivity index (χ0v) is 8.91. The minimum Gasteiger partial charge on any atom is -0.460 e. The third-order valence-electron chi connectivity index (χ3n) is 1.83. The first-order chi connectivity index (χ1) is 6.50. The van der Waals surface area contributed by atoms with Crippen molar-refractivity contribution in [3.8, 4) is 0 Å². The summed E-state index contributed by atoms with van der Waals surface area (Å²) in [5.41, 5.74) is 0.597. The van der Waals surface area contributed by atoms with Gasteiger partial charge < -0.3 is 4.74 Å². The zero-order valence-electron chi connectivity index (χ0n) is 8.91. The highest BCUT2D eigenvalue weighted by Gasteiger charge is 2.22. The third kappa shape index (κ3) is 3.21. The molecular weight excluding hydrogens is 176 g/mol. The van der Waals surface area contributed by atoms with Crippen LogP contribution in [-0.2, 0) is 16.1 Å².